The molecule has 1 atom stereocenters. The van der Waals surface area contributed by atoms with Gasteiger partial charge < -0.3 is 15.5 Å². The average Bonchev–Trinajstić information content (AvgIpc) is 2.59. The second-order valence-electron chi connectivity index (χ2n) is 10.7. The molecule has 0 amide bonds. The third-order valence-electron chi connectivity index (χ3n) is 6.49. The van der Waals surface area contributed by atoms with Crippen LogP contribution in [0, 0.1) is 5.92 Å². The van der Waals surface area contributed by atoms with Gasteiger partial charge in [-0.25, -0.2) is 0 Å². The largest absolute Gasteiger partial charge is 0.325 e. The molecule has 4 nitrogen and oxygen atoms in total. The maximum Gasteiger partial charge on any atom is 0.325 e. The molecule has 0 aromatic heterocycles. The van der Waals surface area contributed by atoms with Crippen LogP contribution in [-0.2, 0) is 4.57 Å². The van der Waals surface area contributed by atoms with Gasteiger partial charge in [-0.05, 0) is 31.6 Å². The van der Waals surface area contributed by atoms with Gasteiger partial charge >= 0.3 is 7.60 Å². The molecule has 1 aliphatic carbocycles. The van der Waals surface area contributed by atoms with E-state index in [-0.39, 0.29) is 11.7 Å². The van der Waals surface area contributed by atoms with Crippen molar-refractivity contribution in [2.75, 3.05) is 6.16 Å². The van der Waals surface area contributed by atoms with E-state index in [1.165, 1.54) is 70.3 Å². The summed E-state index contributed by atoms with van der Waals surface area (Å²) in [6.07, 6.45) is 17.9. The lowest BCUT2D eigenvalue weighted by molar-refractivity contribution is 0.290. The van der Waals surface area contributed by atoms with E-state index in [1.54, 1.807) is 0 Å². The lowest BCUT2D eigenvalue weighted by Crippen LogP contribution is -2.40. The molecule has 1 rings (SSSR count). The van der Waals surface area contributed by atoms with Crippen LogP contribution in [0.5, 0.6) is 0 Å². The fourth-order valence-electron chi connectivity index (χ4n) is 4.69. The van der Waals surface area contributed by atoms with Crippen molar-refractivity contribution in [3.8, 4) is 0 Å². The van der Waals surface area contributed by atoms with Crippen LogP contribution in [0.3, 0.4) is 0 Å². The van der Waals surface area contributed by atoms with Crippen molar-refractivity contribution in [2.24, 2.45) is 11.7 Å². The minimum Gasteiger partial charge on any atom is -0.325 e. The van der Waals surface area contributed by atoms with E-state index in [0.29, 0.717) is 6.42 Å². The molecule has 0 aromatic carbocycles. The van der Waals surface area contributed by atoms with Gasteiger partial charge in [0.15, 0.2) is 0 Å². The lowest BCUT2D eigenvalue weighted by Gasteiger charge is -2.31. The summed E-state index contributed by atoms with van der Waals surface area (Å²) in [5.41, 5.74) is 6.70. The molecule has 0 aromatic rings. The summed E-state index contributed by atoms with van der Waals surface area (Å²) in [5, 5.41) is 0. The van der Waals surface area contributed by atoms with Gasteiger partial charge in [0.1, 0.15) is 0 Å². The Morgan fingerprint density at radius 3 is 1.96 bits per heavy atom. The third kappa shape index (κ3) is 14.3. The molecule has 6 heteroatoms. The topological polar surface area (TPSA) is 83.6 Å². The number of rotatable bonds is 15. The summed E-state index contributed by atoms with van der Waals surface area (Å²) in [6, 6.07) is 1.36. The van der Waals surface area contributed by atoms with Crippen LogP contribution in [-0.4, -0.2) is 29.6 Å². The molecule has 168 valence electrons. The zero-order chi connectivity index (χ0) is 21.1. The van der Waals surface area contributed by atoms with E-state index < -0.39 is 15.7 Å². The van der Waals surface area contributed by atoms with Crippen molar-refractivity contribution in [2.45, 2.75) is 128 Å². The van der Waals surface area contributed by atoms with Gasteiger partial charge in [-0.1, -0.05) is 96.3 Å². The Labute approximate surface area is 175 Å². The summed E-state index contributed by atoms with van der Waals surface area (Å²) < 4.78 is 11.1. The molecule has 0 heterocycles. The molecular weight excluding hydrogens is 385 g/mol. The Balaban J connectivity index is 2.37. The number of hydrogen-bond donors (Lipinski definition) is 3. The maximum atomic E-state index is 11.1. The van der Waals surface area contributed by atoms with Crippen LogP contribution in [0.15, 0.2) is 0 Å². The molecule has 1 fully saturated rings. The van der Waals surface area contributed by atoms with Gasteiger partial charge in [-0.15, -0.1) is 0 Å². The predicted molar refractivity (Wildman–Crippen MR) is 125 cm³/mol. The molecule has 0 bridgehead atoms. The fourth-order valence-corrected chi connectivity index (χ4v) is 6.63. The smallest absolute Gasteiger partial charge is 0.325 e. The van der Waals surface area contributed by atoms with E-state index >= 15 is 0 Å². The monoisotopic (exact) mass is 433 g/mol. The van der Waals surface area contributed by atoms with Crippen LogP contribution in [0.25, 0.3) is 0 Å². The zero-order valence-electron chi connectivity index (χ0n) is 18.9. The SMILES string of the molecule is C[Si](C)(C)CCCCC(N)(CCCCC1CCCCC1)CCCCP(=O)(O)O. The molecule has 1 unspecified atom stereocenters. The van der Waals surface area contributed by atoms with Crippen molar-refractivity contribution in [1.29, 1.82) is 0 Å². The van der Waals surface area contributed by atoms with Crippen molar-refractivity contribution in [3.63, 3.8) is 0 Å². The van der Waals surface area contributed by atoms with Gasteiger partial charge in [0.25, 0.3) is 0 Å². The first-order valence-electron chi connectivity index (χ1n) is 11.8. The molecule has 0 saturated heterocycles. The third-order valence-corrected chi connectivity index (χ3v) is 9.24. The zero-order valence-corrected chi connectivity index (χ0v) is 20.8. The molecule has 1 aliphatic rings. The molecule has 4 N–H and O–H groups in total. The maximum absolute atomic E-state index is 11.1. The highest BCUT2D eigenvalue weighted by Crippen LogP contribution is 2.36. The molecule has 1 saturated carbocycles. The van der Waals surface area contributed by atoms with Crippen molar-refractivity contribution >= 4 is 15.7 Å². The lowest BCUT2D eigenvalue weighted by atomic mass is 9.81. The van der Waals surface area contributed by atoms with Gasteiger partial charge in [-0.3, -0.25) is 4.57 Å². The van der Waals surface area contributed by atoms with E-state index in [9.17, 15) is 4.57 Å². The normalized spacial score (nSPS) is 18.9. The van der Waals surface area contributed by atoms with Crippen LogP contribution in [0.1, 0.15) is 96.3 Å². The number of nitrogens with two attached hydrogens (primary N) is 1. The Hall–Kier alpha value is 0.327. The minimum absolute atomic E-state index is 0.000381. The van der Waals surface area contributed by atoms with Crippen LogP contribution in [0.2, 0.25) is 25.7 Å². The number of unbranched alkanes of at least 4 members (excludes halogenated alkanes) is 3. The van der Waals surface area contributed by atoms with Crippen LogP contribution < -0.4 is 5.73 Å². The summed E-state index contributed by atoms with van der Waals surface area (Å²) in [7, 11) is -4.85. The summed E-state index contributed by atoms with van der Waals surface area (Å²) in [6.45, 7) is 7.28. The van der Waals surface area contributed by atoms with Crippen molar-refractivity contribution < 1.29 is 14.4 Å². The first kappa shape index (κ1) is 26.4. The Kier molecular flexibility index (Phi) is 12.1. The standard InChI is InChI=1S/C22H48NO3PSi/c1-28(2,3)20-12-10-18-22(23,17-9-11-19-27(24,25)26)16-8-7-15-21-13-5-4-6-14-21/h21H,4-20,23H2,1-3H3,(H2,24,25,26). The quantitative estimate of drug-likeness (QED) is 0.153. The van der Waals surface area contributed by atoms with E-state index in [4.69, 9.17) is 15.5 Å². The van der Waals surface area contributed by atoms with Gasteiger partial charge in [-0.2, -0.15) is 0 Å². The summed E-state index contributed by atoms with van der Waals surface area (Å²) in [4.78, 5) is 18.2. The van der Waals surface area contributed by atoms with Crippen LogP contribution >= 0.6 is 7.60 Å². The molecule has 28 heavy (non-hydrogen) atoms. The predicted octanol–water partition coefficient (Wildman–Crippen LogP) is 6.68. The van der Waals surface area contributed by atoms with E-state index in [1.807, 2.05) is 0 Å². The van der Waals surface area contributed by atoms with Gasteiger partial charge in [0.2, 0.25) is 0 Å². The minimum atomic E-state index is -3.87. The Morgan fingerprint density at radius 2 is 1.43 bits per heavy atom. The number of hydrogen-bond acceptors (Lipinski definition) is 2. The summed E-state index contributed by atoms with van der Waals surface area (Å²) >= 11 is 0. The second kappa shape index (κ2) is 12.9. The van der Waals surface area contributed by atoms with Gasteiger partial charge in [0, 0.05) is 19.8 Å². The first-order valence-corrected chi connectivity index (χ1v) is 17.3. The molecule has 0 spiro atoms. The highest BCUT2D eigenvalue weighted by Gasteiger charge is 2.25. The summed E-state index contributed by atoms with van der Waals surface area (Å²) in [5.74, 6) is 0.945. The average molecular weight is 434 g/mol. The fraction of sp³-hybridized carbons (Fsp3) is 1.00. The molecule has 0 aliphatic heterocycles. The van der Waals surface area contributed by atoms with Crippen molar-refractivity contribution in [3.05, 3.63) is 0 Å². The van der Waals surface area contributed by atoms with Crippen LogP contribution in [0.4, 0.5) is 0 Å². The second-order valence-corrected chi connectivity index (χ2v) is 18.1. The van der Waals surface area contributed by atoms with Gasteiger partial charge in [0.05, 0.1) is 0 Å². The highest BCUT2D eigenvalue weighted by molar-refractivity contribution is 7.51. The molecule has 0 radical (unpaired) electrons. The van der Waals surface area contributed by atoms with E-state index in [2.05, 4.69) is 19.6 Å². The van der Waals surface area contributed by atoms with Crippen molar-refractivity contribution in [1.82, 2.24) is 0 Å². The highest BCUT2D eigenvalue weighted by atomic mass is 31.2. The Bertz CT molecular complexity index is 457. The first-order chi connectivity index (χ1) is 13.0. The van der Waals surface area contributed by atoms with E-state index in [0.717, 1.165) is 31.6 Å². The Morgan fingerprint density at radius 1 is 0.893 bits per heavy atom. The molecular formula is C22H48NO3PSi.